The number of hydrogen-bond acceptors (Lipinski definition) is 4. The molecule has 2 N–H and O–H groups in total. The fraction of sp³-hybridized carbons (Fsp3) is 0.500. The Balaban J connectivity index is 2.08. The van der Waals surface area contributed by atoms with Gasteiger partial charge in [-0.1, -0.05) is 26.0 Å². The van der Waals surface area contributed by atoms with Crippen molar-refractivity contribution in [3.8, 4) is 17.2 Å². The van der Waals surface area contributed by atoms with Gasteiger partial charge >= 0.3 is 0 Å². The molecule has 2 aromatic carbocycles. The number of nitrogens with one attached hydrogen (secondary N) is 1. The second kappa shape index (κ2) is 9.33. The van der Waals surface area contributed by atoms with Gasteiger partial charge in [-0.05, 0) is 74.4 Å². The molecule has 154 valence electrons. The molecule has 0 fully saturated rings. The average molecular weight is 386 g/mol. The summed E-state index contributed by atoms with van der Waals surface area (Å²) in [5, 5.41) is 13.9. The number of hydrogen-bond donors (Lipinski definition) is 2. The van der Waals surface area contributed by atoms with Crippen LogP contribution < -0.4 is 14.8 Å². The number of phenols is 1. The molecular formula is C24H35NO3. The van der Waals surface area contributed by atoms with E-state index in [9.17, 15) is 5.11 Å². The van der Waals surface area contributed by atoms with Crippen molar-refractivity contribution in [2.24, 2.45) is 0 Å². The fourth-order valence-corrected chi connectivity index (χ4v) is 3.54. The molecule has 0 amide bonds. The number of ether oxygens (including phenoxy) is 2. The molecule has 0 bridgehead atoms. The Morgan fingerprint density at radius 2 is 1.68 bits per heavy atom. The van der Waals surface area contributed by atoms with Crippen LogP contribution in [0.15, 0.2) is 18.2 Å². The molecule has 0 saturated heterocycles. The van der Waals surface area contributed by atoms with Crippen LogP contribution in [0.2, 0.25) is 0 Å². The molecule has 0 aliphatic carbocycles. The zero-order valence-corrected chi connectivity index (χ0v) is 18.6. The summed E-state index contributed by atoms with van der Waals surface area (Å²) in [4.78, 5) is 0. The van der Waals surface area contributed by atoms with E-state index in [1.165, 1.54) is 11.1 Å². The maximum atomic E-state index is 10.4. The molecule has 0 heterocycles. The van der Waals surface area contributed by atoms with E-state index in [1.807, 2.05) is 20.8 Å². The normalized spacial score (nSPS) is 12.3. The van der Waals surface area contributed by atoms with Gasteiger partial charge in [0.2, 0.25) is 0 Å². The Labute approximate surface area is 169 Å². The highest BCUT2D eigenvalue weighted by Gasteiger charge is 2.18. The molecule has 2 aromatic rings. The number of aryl methyl sites for hydroxylation is 1. The van der Waals surface area contributed by atoms with E-state index in [0.29, 0.717) is 24.8 Å². The van der Waals surface area contributed by atoms with Crippen molar-refractivity contribution in [1.29, 1.82) is 0 Å². The topological polar surface area (TPSA) is 50.7 Å². The molecule has 4 heteroatoms. The van der Waals surface area contributed by atoms with Gasteiger partial charge in [0.15, 0.2) is 0 Å². The first-order chi connectivity index (χ1) is 13.2. The number of phenolic OH excluding ortho intramolecular Hbond substituents is 1. The number of aromatic hydroxyl groups is 1. The molecule has 2 rings (SSSR count). The third-order valence-corrected chi connectivity index (χ3v) is 5.40. The minimum Gasteiger partial charge on any atom is -0.507 e. The summed E-state index contributed by atoms with van der Waals surface area (Å²) < 4.78 is 11.9. The summed E-state index contributed by atoms with van der Waals surface area (Å²) in [6.07, 6.45) is 0.0192. The first-order valence-corrected chi connectivity index (χ1v) is 10.0. The predicted molar refractivity (Wildman–Crippen MR) is 116 cm³/mol. The Morgan fingerprint density at radius 1 is 1.00 bits per heavy atom. The summed E-state index contributed by atoms with van der Waals surface area (Å²) >= 11 is 0. The van der Waals surface area contributed by atoms with Crippen molar-refractivity contribution >= 4 is 0 Å². The third-order valence-electron chi connectivity index (χ3n) is 5.40. The molecule has 1 unspecified atom stereocenters. The standard InChI is InChI=1S/C24H35NO3/c1-14(2)20-10-9-15(3)11-22(20)28-16(4)12-25-13-21-19(7)23(26)17(5)18(6)24(21)27-8/h9-11,14,16,25-26H,12-13H2,1-8H3. The highest BCUT2D eigenvalue weighted by Crippen LogP contribution is 2.36. The zero-order valence-electron chi connectivity index (χ0n) is 18.6. The summed E-state index contributed by atoms with van der Waals surface area (Å²) in [5.41, 5.74) is 6.14. The van der Waals surface area contributed by atoms with Crippen LogP contribution in [0.1, 0.15) is 60.1 Å². The van der Waals surface area contributed by atoms with Gasteiger partial charge in [-0.15, -0.1) is 0 Å². The van der Waals surface area contributed by atoms with Gasteiger partial charge in [-0.2, -0.15) is 0 Å². The van der Waals surface area contributed by atoms with E-state index in [-0.39, 0.29) is 6.10 Å². The molecule has 0 aliphatic heterocycles. The first-order valence-electron chi connectivity index (χ1n) is 10.0. The van der Waals surface area contributed by atoms with Gasteiger partial charge in [0.05, 0.1) is 7.11 Å². The van der Waals surface area contributed by atoms with Crippen LogP contribution in [0.5, 0.6) is 17.2 Å². The highest BCUT2D eigenvalue weighted by molar-refractivity contribution is 5.57. The van der Waals surface area contributed by atoms with Crippen LogP contribution in [0.25, 0.3) is 0 Å². The SMILES string of the molecule is COc1c(C)c(C)c(O)c(C)c1CNCC(C)Oc1cc(C)ccc1C(C)C. The fourth-order valence-electron chi connectivity index (χ4n) is 3.54. The van der Waals surface area contributed by atoms with Crippen molar-refractivity contribution in [3.05, 3.63) is 51.6 Å². The summed E-state index contributed by atoms with van der Waals surface area (Å²) in [6, 6.07) is 6.40. The third kappa shape index (κ3) is 4.79. The zero-order chi connectivity index (χ0) is 21.0. The lowest BCUT2D eigenvalue weighted by Crippen LogP contribution is -2.29. The lowest BCUT2D eigenvalue weighted by Gasteiger charge is -2.22. The van der Waals surface area contributed by atoms with Crippen LogP contribution in [-0.2, 0) is 6.54 Å². The van der Waals surface area contributed by atoms with Crippen LogP contribution in [0.3, 0.4) is 0 Å². The number of methoxy groups -OCH3 is 1. The maximum Gasteiger partial charge on any atom is 0.127 e. The van der Waals surface area contributed by atoms with Crippen LogP contribution in [-0.4, -0.2) is 24.9 Å². The first kappa shape index (κ1) is 22.1. The lowest BCUT2D eigenvalue weighted by atomic mass is 9.97. The lowest BCUT2D eigenvalue weighted by molar-refractivity contribution is 0.214. The number of benzene rings is 2. The van der Waals surface area contributed by atoms with E-state index < -0.39 is 0 Å². The van der Waals surface area contributed by atoms with Gasteiger partial charge in [-0.3, -0.25) is 0 Å². The largest absolute Gasteiger partial charge is 0.507 e. The van der Waals surface area contributed by atoms with Crippen molar-refractivity contribution < 1.29 is 14.6 Å². The molecular weight excluding hydrogens is 350 g/mol. The van der Waals surface area contributed by atoms with E-state index in [2.05, 4.69) is 51.2 Å². The van der Waals surface area contributed by atoms with Gasteiger partial charge in [0.1, 0.15) is 23.4 Å². The van der Waals surface area contributed by atoms with Gasteiger partial charge in [0, 0.05) is 18.7 Å². The minimum atomic E-state index is 0.0192. The summed E-state index contributed by atoms with van der Waals surface area (Å²) in [6.45, 7) is 15.7. The van der Waals surface area contributed by atoms with E-state index in [4.69, 9.17) is 9.47 Å². The second-order valence-electron chi connectivity index (χ2n) is 7.99. The molecule has 0 aromatic heterocycles. The predicted octanol–water partition coefficient (Wildman–Crippen LogP) is 5.31. The second-order valence-corrected chi connectivity index (χ2v) is 7.99. The highest BCUT2D eigenvalue weighted by atomic mass is 16.5. The van der Waals surface area contributed by atoms with E-state index in [1.54, 1.807) is 7.11 Å². The molecule has 28 heavy (non-hydrogen) atoms. The summed E-state index contributed by atoms with van der Waals surface area (Å²) in [5.74, 6) is 2.57. The van der Waals surface area contributed by atoms with Crippen LogP contribution >= 0.6 is 0 Å². The van der Waals surface area contributed by atoms with Crippen LogP contribution in [0.4, 0.5) is 0 Å². The van der Waals surface area contributed by atoms with Crippen molar-refractivity contribution in [1.82, 2.24) is 5.32 Å². The van der Waals surface area contributed by atoms with Gasteiger partial charge < -0.3 is 19.9 Å². The molecule has 0 saturated carbocycles. The van der Waals surface area contributed by atoms with E-state index >= 15 is 0 Å². The van der Waals surface area contributed by atoms with Crippen molar-refractivity contribution in [3.63, 3.8) is 0 Å². The minimum absolute atomic E-state index is 0.0192. The Bertz CT molecular complexity index is 827. The molecule has 4 nitrogen and oxygen atoms in total. The van der Waals surface area contributed by atoms with Gasteiger partial charge in [-0.25, -0.2) is 0 Å². The van der Waals surface area contributed by atoms with Crippen molar-refractivity contribution in [2.45, 2.75) is 67.0 Å². The van der Waals surface area contributed by atoms with Gasteiger partial charge in [0.25, 0.3) is 0 Å². The molecule has 1 atom stereocenters. The van der Waals surface area contributed by atoms with Crippen LogP contribution in [0, 0.1) is 27.7 Å². The molecule has 0 spiro atoms. The maximum absolute atomic E-state index is 10.4. The smallest absolute Gasteiger partial charge is 0.127 e. The Hall–Kier alpha value is -2.20. The summed E-state index contributed by atoms with van der Waals surface area (Å²) in [7, 11) is 1.68. The molecule has 0 aliphatic rings. The Kier molecular flexibility index (Phi) is 7.36. The quantitative estimate of drug-likeness (QED) is 0.646. The van der Waals surface area contributed by atoms with E-state index in [0.717, 1.165) is 33.8 Å². The molecule has 0 radical (unpaired) electrons. The monoisotopic (exact) mass is 385 g/mol. The van der Waals surface area contributed by atoms with Crippen molar-refractivity contribution in [2.75, 3.05) is 13.7 Å². The Morgan fingerprint density at radius 3 is 2.29 bits per heavy atom. The number of rotatable bonds is 8. The average Bonchev–Trinajstić information content (AvgIpc) is 2.64.